The quantitative estimate of drug-likeness (QED) is 0.738. The number of hydrogen-bond donors (Lipinski definition) is 0. The van der Waals surface area contributed by atoms with Gasteiger partial charge in [0.15, 0.2) is 6.10 Å². The SMILES string of the molecule is COC[C@@H](OC(C)=O)[C@H]1OCc2ccccc2[C@H]1C=Cc1ccccc1. The van der Waals surface area contributed by atoms with Gasteiger partial charge in [-0.1, -0.05) is 66.7 Å². The summed E-state index contributed by atoms with van der Waals surface area (Å²) in [7, 11) is 1.60. The predicted octanol–water partition coefficient (Wildman–Crippen LogP) is 3.96. The zero-order valence-corrected chi connectivity index (χ0v) is 15.1. The lowest BCUT2D eigenvalue weighted by molar-refractivity contribution is -0.162. The van der Waals surface area contributed by atoms with E-state index in [0.717, 1.165) is 11.1 Å². The van der Waals surface area contributed by atoms with E-state index in [2.05, 4.69) is 36.4 Å². The molecule has 3 atom stereocenters. The average Bonchev–Trinajstić information content (AvgIpc) is 2.66. The van der Waals surface area contributed by atoms with Crippen molar-refractivity contribution in [2.75, 3.05) is 13.7 Å². The molecule has 1 aliphatic heterocycles. The molecule has 26 heavy (non-hydrogen) atoms. The van der Waals surface area contributed by atoms with Gasteiger partial charge >= 0.3 is 5.97 Å². The molecule has 0 amide bonds. The summed E-state index contributed by atoms with van der Waals surface area (Å²) in [5, 5.41) is 0. The number of hydrogen-bond acceptors (Lipinski definition) is 4. The topological polar surface area (TPSA) is 44.8 Å². The number of benzene rings is 2. The summed E-state index contributed by atoms with van der Waals surface area (Å²) in [6.45, 7) is 2.20. The smallest absolute Gasteiger partial charge is 0.303 e. The Kier molecular flexibility index (Phi) is 6.21. The van der Waals surface area contributed by atoms with Gasteiger partial charge in [-0.25, -0.2) is 0 Å². The zero-order chi connectivity index (χ0) is 18.4. The third-order valence-corrected chi connectivity index (χ3v) is 4.51. The van der Waals surface area contributed by atoms with E-state index in [9.17, 15) is 4.79 Å². The Bertz CT molecular complexity index is 754. The molecule has 2 aromatic carbocycles. The second-order valence-electron chi connectivity index (χ2n) is 6.37. The largest absolute Gasteiger partial charge is 0.457 e. The van der Waals surface area contributed by atoms with Crippen molar-refractivity contribution < 1.29 is 19.0 Å². The highest BCUT2D eigenvalue weighted by Gasteiger charge is 2.36. The maximum absolute atomic E-state index is 11.6. The van der Waals surface area contributed by atoms with Crippen LogP contribution in [0.3, 0.4) is 0 Å². The first-order valence-corrected chi connectivity index (χ1v) is 8.78. The van der Waals surface area contributed by atoms with E-state index in [-0.39, 0.29) is 18.0 Å². The lowest BCUT2D eigenvalue weighted by Crippen LogP contribution is -2.42. The second kappa shape index (κ2) is 8.79. The highest BCUT2D eigenvalue weighted by atomic mass is 16.6. The molecule has 0 aliphatic carbocycles. The molecule has 0 fully saturated rings. The predicted molar refractivity (Wildman–Crippen MR) is 101 cm³/mol. The molecule has 0 radical (unpaired) electrons. The second-order valence-corrected chi connectivity index (χ2v) is 6.37. The molecule has 1 aliphatic rings. The van der Waals surface area contributed by atoms with Crippen LogP contribution < -0.4 is 0 Å². The third kappa shape index (κ3) is 4.40. The molecule has 0 saturated heterocycles. The Balaban J connectivity index is 1.94. The van der Waals surface area contributed by atoms with Crippen molar-refractivity contribution >= 4 is 12.0 Å². The lowest BCUT2D eigenvalue weighted by Gasteiger charge is -2.36. The maximum Gasteiger partial charge on any atom is 0.303 e. The van der Waals surface area contributed by atoms with Crippen LogP contribution in [0.15, 0.2) is 60.7 Å². The van der Waals surface area contributed by atoms with Gasteiger partial charge in [0, 0.05) is 20.0 Å². The maximum atomic E-state index is 11.6. The van der Waals surface area contributed by atoms with Crippen LogP contribution in [0.25, 0.3) is 6.08 Å². The molecule has 3 rings (SSSR count). The molecule has 0 bridgehead atoms. The van der Waals surface area contributed by atoms with Crippen molar-refractivity contribution in [1.82, 2.24) is 0 Å². The van der Waals surface area contributed by atoms with Crippen LogP contribution in [0.2, 0.25) is 0 Å². The Hall–Kier alpha value is -2.43. The summed E-state index contributed by atoms with van der Waals surface area (Å²) >= 11 is 0. The van der Waals surface area contributed by atoms with Gasteiger partial charge in [-0.2, -0.15) is 0 Å². The minimum atomic E-state index is -0.462. The first-order valence-electron chi connectivity index (χ1n) is 8.78. The highest BCUT2D eigenvalue weighted by molar-refractivity contribution is 5.66. The molecule has 4 heteroatoms. The molecule has 0 unspecified atom stereocenters. The third-order valence-electron chi connectivity index (χ3n) is 4.51. The van der Waals surface area contributed by atoms with Crippen LogP contribution in [0.1, 0.15) is 29.5 Å². The summed E-state index contributed by atoms with van der Waals surface area (Å²) in [5.41, 5.74) is 3.47. The van der Waals surface area contributed by atoms with Crippen LogP contribution >= 0.6 is 0 Å². The fourth-order valence-electron chi connectivity index (χ4n) is 3.36. The van der Waals surface area contributed by atoms with E-state index in [1.807, 2.05) is 30.3 Å². The van der Waals surface area contributed by atoms with E-state index < -0.39 is 6.10 Å². The molecular formula is C22H24O4. The van der Waals surface area contributed by atoms with E-state index in [1.54, 1.807) is 7.11 Å². The van der Waals surface area contributed by atoms with Crippen molar-refractivity contribution in [3.05, 3.63) is 77.4 Å². The minimum absolute atomic E-state index is 0.0281. The van der Waals surface area contributed by atoms with Gasteiger partial charge in [0.1, 0.15) is 6.10 Å². The number of esters is 1. The summed E-state index contributed by atoms with van der Waals surface area (Å²) < 4.78 is 16.9. The molecule has 2 aromatic rings. The lowest BCUT2D eigenvalue weighted by atomic mass is 9.84. The number of rotatable bonds is 6. The zero-order valence-electron chi connectivity index (χ0n) is 15.1. The van der Waals surface area contributed by atoms with Gasteiger partial charge < -0.3 is 14.2 Å². The molecule has 136 valence electrons. The standard InChI is InChI=1S/C22H24O4/c1-16(23)26-21(15-24-2)22-20(13-12-17-8-4-3-5-9-17)19-11-7-6-10-18(19)14-25-22/h3-13,20-22H,14-15H2,1-2H3/t20-,21-,22+/m1/s1. The number of carbonyl (C=O) groups is 1. The van der Waals surface area contributed by atoms with Gasteiger partial charge in [0.25, 0.3) is 0 Å². The van der Waals surface area contributed by atoms with Crippen molar-refractivity contribution in [3.8, 4) is 0 Å². The molecule has 1 heterocycles. The molecule has 0 N–H and O–H groups in total. The fraction of sp³-hybridized carbons (Fsp3) is 0.318. The summed E-state index contributed by atoms with van der Waals surface area (Å²) in [5.74, 6) is -0.361. The highest BCUT2D eigenvalue weighted by Crippen LogP contribution is 2.35. The van der Waals surface area contributed by atoms with Crippen molar-refractivity contribution in [1.29, 1.82) is 0 Å². The van der Waals surface area contributed by atoms with Crippen LogP contribution in [0.4, 0.5) is 0 Å². The van der Waals surface area contributed by atoms with E-state index in [4.69, 9.17) is 14.2 Å². The summed E-state index contributed by atoms with van der Waals surface area (Å²) in [6, 6.07) is 18.4. The molecule has 0 saturated carbocycles. The Labute approximate surface area is 154 Å². The minimum Gasteiger partial charge on any atom is -0.457 e. The number of carbonyl (C=O) groups excluding carboxylic acids is 1. The van der Waals surface area contributed by atoms with E-state index >= 15 is 0 Å². The van der Waals surface area contributed by atoms with Gasteiger partial charge in [0.2, 0.25) is 0 Å². The van der Waals surface area contributed by atoms with Crippen LogP contribution in [0.5, 0.6) is 0 Å². The fourth-order valence-corrected chi connectivity index (χ4v) is 3.36. The normalized spacial score (nSPS) is 20.5. The number of fused-ring (bicyclic) bond motifs is 1. The molecule has 0 spiro atoms. The van der Waals surface area contributed by atoms with E-state index in [0.29, 0.717) is 13.2 Å². The molecular weight excluding hydrogens is 328 g/mol. The number of ether oxygens (including phenoxy) is 3. The van der Waals surface area contributed by atoms with Crippen LogP contribution in [-0.2, 0) is 25.6 Å². The van der Waals surface area contributed by atoms with Crippen molar-refractivity contribution in [2.24, 2.45) is 0 Å². The van der Waals surface area contributed by atoms with Gasteiger partial charge in [-0.05, 0) is 16.7 Å². The molecule has 4 nitrogen and oxygen atoms in total. The number of methoxy groups -OCH3 is 1. The Morgan fingerprint density at radius 3 is 2.65 bits per heavy atom. The first kappa shape index (κ1) is 18.4. The average molecular weight is 352 g/mol. The summed E-state index contributed by atoms with van der Waals surface area (Å²) in [4.78, 5) is 11.6. The Morgan fingerprint density at radius 2 is 1.92 bits per heavy atom. The monoisotopic (exact) mass is 352 g/mol. The molecule has 0 aromatic heterocycles. The van der Waals surface area contributed by atoms with Crippen molar-refractivity contribution in [3.63, 3.8) is 0 Å². The summed E-state index contributed by atoms with van der Waals surface area (Å²) in [6.07, 6.45) is 3.45. The van der Waals surface area contributed by atoms with Gasteiger partial charge in [0.05, 0.1) is 13.2 Å². The van der Waals surface area contributed by atoms with Gasteiger partial charge in [-0.3, -0.25) is 4.79 Å². The van der Waals surface area contributed by atoms with Crippen LogP contribution in [-0.4, -0.2) is 31.9 Å². The van der Waals surface area contributed by atoms with E-state index in [1.165, 1.54) is 12.5 Å². The Morgan fingerprint density at radius 1 is 1.19 bits per heavy atom. The van der Waals surface area contributed by atoms with Gasteiger partial charge in [-0.15, -0.1) is 0 Å². The first-order chi connectivity index (χ1) is 12.7. The van der Waals surface area contributed by atoms with Crippen molar-refractivity contribution in [2.45, 2.75) is 31.7 Å². The van der Waals surface area contributed by atoms with Crippen LogP contribution in [0, 0.1) is 0 Å².